The minimum atomic E-state index is 1.17. The Balaban J connectivity index is 0.000000545. The Kier molecular flexibility index (Phi) is 6.14. The van der Waals surface area contributed by atoms with Crippen LogP contribution in [0.25, 0.3) is 0 Å². The minimum absolute atomic E-state index is 1.17. The van der Waals surface area contributed by atoms with E-state index in [2.05, 4.69) is 94.4 Å². The van der Waals surface area contributed by atoms with Crippen LogP contribution in [0.5, 0.6) is 0 Å². The van der Waals surface area contributed by atoms with E-state index in [1.54, 1.807) is 0 Å². The van der Waals surface area contributed by atoms with E-state index in [0.29, 0.717) is 0 Å². The first-order chi connectivity index (χ1) is 10.9. The highest BCUT2D eigenvalue weighted by molar-refractivity contribution is 5.76. The molecule has 112 valence electrons. The summed E-state index contributed by atoms with van der Waals surface area (Å²) >= 11 is 0. The normalized spacial score (nSPS) is 9.55. The van der Waals surface area contributed by atoms with Crippen molar-refractivity contribution in [2.75, 3.05) is 4.90 Å². The van der Waals surface area contributed by atoms with E-state index in [9.17, 15) is 0 Å². The van der Waals surface area contributed by atoms with Crippen LogP contribution in [0, 0.1) is 0 Å². The third-order valence-corrected chi connectivity index (χ3v) is 3.04. The summed E-state index contributed by atoms with van der Waals surface area (Å²) in [5.41, 5.74) is 3.50. The van der Waals surface area contributed by atoms with E-state index >= 15 is 0 Å². The zero-order valence-electron chi connectivity index (χ0n) is 12.2. The molecule has 0 atom stereocenters. The highest BCUT2D eigenvalue weighted by atomic mass is 16.7. The Labute approximate surface area is 130 Å². The summed E-state index contributed by atoms with van der Waals surface area (Å²) in [7, 11) is 0. The van der Waals surface area contributed by atoms with Gasteiger partial charge in [0, 0.05) is 17.1 Å². The van der Waals surface area contributed by atoms with Crippen LogP contribution in [0.4, 0.5) is 17.1 Å². The number of nitrogens with zero attached hydrogens (tertiary/aromatic N) is 1. The van der Waals surface area contributed by atoms with E-state index in [-0.39, 0.29) is 0 Å². The molecule has 4 N–H and O–H groups in total. The van der Waals surface area contributed by atoms with Gasteiger partial charge in [0.05, 0.1) is 0 Å². The summed E-state index contributed by atoms with van der Waals surface area (Å²) in [4.78, 5) is 5.50. The van der Waals surface area contributed by atoms with Crippen LogP contribution in [0.1, 0.15) is 0 Å². The predicted molar refractivity (Wildman–Crippen MR) is 90.6 cm³/mol. The molecule has 4 heteroatoms. The molecule has 22 heavy (non-hydrogen) atoms. The fraction of sp³-hybridized carbons (Fsp3) is 0. The van der Waals surface area contributed by atoms with Crippen molar-refractivity contribution in [1.29, 1.82) is 0 Å². The maximum absolute atomic E-state index is 4.12. The molecular weight excluding hydrogens is 274 g/mol. The number of anilines is 3. The fourth-order valence-electron chi connectivity index (χ4n) is 2.18. The molecule has 0 fully saturated rings. The lowest BCUT2D eigenvalue weighted by molar-refractivity contribution is 0.142. The topological polar surface area (TPSA) is 64.5 Å². The maximum atomic E-state index is 4.12. The van der Waals surface area contributed by atoms with Crippen molar-refractivity contribution in [2.24, 2.45) is 11.8 Å². The van der Waals surface area contributed by atoms with Crippen LogP contribution in [0.3, 0.4) is 0 Å². The van der Waals surface area contributed by atoms with Gasteiger partial charge in [-0.1, -0.05) is 54.6 Å². The van der Waals surface area contributed by atoms with Crippen LogP contribution in [0.15, 0.2) is 91.0 Å². The van der Waals surface area contributed by atoms with Gasteiger partial charge >= 0.3 is 0 Å². The van der Waals surface area contributed by atoms with Crippen molar-refractivity contribution >= 4 is 17.1 Å². The lowest BCUT2D eigenvalue weighted by Gasteiger charge is -2.25. The average Bonchev–Trinajstić information content (AvgIpc) is 2.59. The van der Waals surface area contributed by atoms with Crippen molar-refractivity contribution in [3.63, 3.8) is 0 Å². The Hall–Kier alpha value is -2.66. The largest absolute Gasteiger partial charge is 0.311 e. The number of para-hydroxylation sites is 3. The average molecular weight is 293 g/mol. The van der Waals surface area contributed by atoms with Crippen LogP contribution in [0.2, 0.25) is 0 Å². The number of nitrogens with two attached hydrogens (primary N) is 2. The minimum Gasteiger partial charge on any atom is -0.311 e. The number of hydrogen-bond donors (Lipinski definition) is 2. The van der Waals surface area contributed by atoms with Crippen LogP contribution >= 0.6 is 0 Å². The van der Waals surface area contributed by atoms with Crippen molar-refractivity contribution < 1.29 is 4.94 Å². The molecule has 0 aromatic heterocycles. The van der Waals surface area contributed by atoms with E-state index in [1.165, 1.54) is 17.1 Å². The molecule has 0 unspecified atom stereocenters. The maximum Gasteiger partial charge on any atom is 0.0461 e. The first-order valence-electron chi connectivity index (χ1n) is 6.87. The van der Waals surface area contributed by atoms with Crippen molar-refractivity contribution in [1.82, 2.24) is 0 Å². The highest BCUT2D eigenvalue weighted by Crippen LogP contribution is 2.33. The fourth-order valence-corrected chi connectivity index (χ4v) is 2.18. The van der Waals surface area contributed by atoms with Crippen molar-refractivity contribution in [2.45, 2.75) is 0 Å². The van der Waals surface area contributed by atoms with Gasteiger partial charge in [-0.3, -0.25) is 0 Å². The molecular formula is C18H19N3O. The van der Waals surface area contributed by atoms with Gasteiger partial charge in [0.15, 0.2) is 0 Å². The molecule has 3 rings (SSSR count). The molecule has 0 aliphatic rings. The van der Waals surface area contributed by atoms with Gasteiger partial charge in [-0.2, -0.15) is 11.8 Å². The molecule has 0 radical (unpaired) electrons. The third kappa shape index (κ3) is 4.17. The molecule has 0 saturated heterocycles. The summed E-state index contributed by atoms with van der Waals surface area (Å²) in [6, 6.07) is 31.3. The molecule has 4 nitrogen and oxygen atoms in total. The smallest absolute Gasteiger partial charge is 0.0461 e. The molecule has 0 aliphatic carbocycles. The zero-order chi connectivity index (χ0) is 15.6. The van der Waals surface area contributed by atoms with Gasteiger partial charge in [0.1, 0.15) is 0 Å². The van der Waals surface area contributed by atoms with Crippen molar-refractivity contribution in [3.8, 4) is 0 Å². The van der Waals surface area contributed by atoms with E-state index in [1.807, 2.05) is 18.2 Å². The number of rotatable bonds is 3. The lowest BCUT2D eigenvalue weighted by atomic mass is 10.2. The van der Waals surface area contributed by atoms with Crippen LogP contribution < -0.4 is 16.7 Å². The second kappa shape index (κ2) is 8.59. The van der Waals surface area contributed by atoms with Crippen molar-refractivity contribution in [3.05, 3.63) is 91.0 Å². The van der Waals surface area contributed by atoms with E-state index < -0.39 is 0 Å². The van der Waals surface area contributed by atoms with Gasteiger partial charge in [0.25, 0.3) is 0 Å². The van der Waals surface area contributed by atoms with E-state index in [0.717, 1.165) is 0 Å². The molecule has 3 aromatic carbocycles. The second-order valence-corrected chi connectivity index (χ2v) is 4.48. The Morgan fingerprint density at radius 1 is 0.500 bits per heavy atom. The summed E-state index contributed by atoms with van der Waals surface area (Å²) in [5.74, 6) is 8.25. The lowest BCUT2D eigenvalue weighted by Crippen LogP contribution is -2.09. The Morgan fingerprint density at radius 3 is 0.955 bits per heavy atom. The zero-order valence-corrected chi connectivity index (χ0v) is 12.2. The Morgan fingerprint density at radius 2 is 0.727 bits per heavy atom. The Bertz CT molecular complexity index is 551. The summed E-state index contributed by atoms with van der Waals surface area (Å²) < 4.78 is 0. The quantitative estimate of drug-likeness (QED) is 0.719. The summed E-state index contributed by atoms with van der Waals surface area (Å²) in [6.07, 6.45) is 0. The number of benzene rings is 3. The molecule has 0 aliphatic heterocycles. The van der Waals surface area contributed by atoms with Gasteiger partial charge < -0.3 is 4.90 Å². The second-order valence-electron chi connectivity index (χ2n) is 4.48. The molecule has 0 saturated carbocycles. The molecule has 0 heterocycles. The SMILES string of the molecule is NON.c1ccc(N(c2ccccc2)c2ccccc2)cc1. The standard InChI is InChI=1S/C18H15N.H4N2O/c1-4-10-16(11-5-1)19(17-12-6-2-7-13-17)18-14-8-3-9-15-18;1-3-2/h1-15H;1-2H2. The van der Waals surface area contributed by atoms with Gasteiger partial charge in [-0.15, -0.1) is 0 Å². The molecule has 0 bridgehead atoms. The van der Waals surface area contributed by atoms with Gasteiger partial charge in [-0.25, -0.2) is 4.94 Å². The van der Waals surface area contributed by atoms with Crippen LogP contribution in [-0.4, -0.2) is 0 Å². The van der Waals surface area contributed by atoms with Gasteiger partial charge in [0.2, 0.25) is 0 Å². The molecule has 3 aromatic rings. The summed E-state index contributed by atoms with van der Waals surface area (Å²) in [6.45, 7) is 0. The third-order valence-electron chi connectivity index (χ3n) is 3.04. The predicted octanol–water partition coefficient (Wildman–Crippen LogP) is 3.91. The summed E-state index contributed by atoms with van der Waals surface area (Å²) in [5, 5.41) is 0. The highest BCUT2D eigenvalue weighted by Gasteiger charge is 2.10. The molecule has 0 spiro atoms. The monoisotopic (exact) mass is 293 g/mol. The first kappa shape index (κ1) is 15.7. The first-order valence-corrected chi connectivity index (χ1v) is 6.87. The van der Waals surface area contributed by atoms with E-state index in [4.69, 9.17) is 0 Å². The van der Waals surface area contributed by atoms with Gasteiger partial charge in [-0.05, 0) is 36.4 Å². The molecule has 0 amide bonds. The van der Waals surface area contributed by atoms with Crippen LogP contribution in [-0.2, 0) is 4.94 Å². The number of hydrogen-bond acceptors (Lipinski definition) is 4.